The molecule has 0 unspecified atom stereocenters. The normalized spacial score (nSPS) is 16.1. The average molecular weight is 515 g/mol. The first kappa shape index (κ1) is 25.8. The van der Waals surface area contributed by atoms with Gasteiger partial charge in [-0.25, -0.2) is 4.79 Å². The largest absolute Gasteiger partial charge is 0.454 e. The Kier molecular flexibility index (Phi) is 7.91. The van der Waals surface area contributed by atoms with Crippen molar-refractivity contribution >= 4 is 24.1 Å². The smallest absolute Gasteiger partial charge is 0.319 e. The van der Waals surface area contributed by atoms with Crippen LogP contribution in [-0.4, -0.2) is 64.3 Å². The van der Waals surface area contributed by atoms with Gasteiger partial charge in [0.1, 0.15) is 0 Å². The second-order valence-electron chi connectivity index (χ2n) is 9.78. The number of hydrogen-bond acceptors (Lipinski definition) is 6. The second kappa shape index (κ2) is 11.7. The molecule has 3 aromatic carbocycles. The predicted octanol–water partition coefficient (Wildman–Crippen LogP) is 5.22. The Morgan fingerprint density at radius 2 is 1.82 bits per heavy atom. The molecule has 0 atom stereocenters. The molecule has 2 heterocycles. The lowest BCUT2D eigenvalue weighted by Gasteiger charge is -2.42. The molecular weight excluding hydrogens is 480 g/mol. The molecule has 8 heteroatoms. The Hall–Kier alpha value is -3.88. The van der Waals surface area contributed by atoms with Gasteiger partial charge in [0.2, 0.25) is 6.79 Å². The van der Waals surface area contributed by atoms with E-state index in [0.717, 1.165) is 55.9 Å². The molecule has 0 bridgehead atoms. The highest BCUT2D eigenvalue weighted by Crippen LogP contribution is 2.37. The van der Waals surface area contributed by atoms with E-state index in [1.807, 2.05) is 24.3 Å². The van der Waals surface area contributed by atoms with Gasteiger partial charge in [-0.2, -0.15) is 0 Å². The monoisotopic (exact) mass is 514 g/mol. The van der Waals surface area contributed by atoms with Gasteiger partial charge in [-0.15, -0.1) is 0 Å². The Balaban J connectivity index is 1.31. The molecule has 1 fully saturated rings. The van der Waals surface area contributed by atoms with Crippen LogP contribution in [0.1, 0.15) is 18.4 Å². The zero-order valence-corrected chi connectivity index (χ0v) is 21.7. The number of methoxy groups -OCH3 is 1. The molecule has 8 nitrogen and oxygen atoms in total. The molecule has 0 aliphatic carbocycles. The third-order valence-corrected chi connectivity index (χ3v) is 7.50. The maximum atomic E-state index is 12.9. The molecule has 2 aliphatic heterocycles. The highest BCUT2D eigenvalue weighted by molar-refractivity contribution is 5.89. The molecule has 2 N–H and O–H groups in total. The van der Waals surface area contributed by atoms with Crippen molar-refractivity contribution < 1.29 is 19.0 Å². The molecule has 38 heavy (non-hydrogen) atoms. The van der Waals surface area contributed by atoms with Crippen molar-refractivity contribution in [2.75, 3.05) is 52.0 Å². The minimum Gasteiger partial charge on any atom is -0.454 e. The van der Waals surface area contributed by atoms with Crippen LogP contribution in [-0.2, 0) is 10.2 Å². The van der Waals surface area contributed by atoms with Gasteiger partial charge in [-0.05, 0) is 73.6 Å². The van der Waals surface area contributed by atoms with E-state index in [-0.39, 0.29) is 18.2 Å². The van der Waals surface area contributed by atoms with Crippen molar-refractivity contribution in [3.05, 3.63) is 72.3 Å². The van der Waals surface area contributed by atoms with E-state index < -0.39 is 0 Å². The van der Waals surface area contributed by atoms with Crippen molar-refractivity contribution in [2.24, 2.45) is 4.99 Å². The highest BCUT2D eigenvalue weighted by atomic mass is 16.7. The first-order valence-corrected chi connectivity index (χ1v) is 12.9. The van der Waals surface area contributed by atoms with Gasteiger partial charge >= 0.3 is 6.03 Å². The third kappa shape index (κ3) is 5.82. The van der Waals surface area contributed by atoms with Gasteiger partial charge in [-0.1, -0.05) is 36.4 Å². The van der Waals surface area contributed by atoms with E-state index in [2.05, 4.69) is 57.6 Å². The summed E-state index contributed by atoms with van der Waals surface area (Å²) in [4.78, 5) is 19.4. The standard InChI is InChI=1S/C30H34N4O4/c1-31-25-5-3-4-23(18-25)22-6-8-24(9-7-22)30(12-14-34(15-13-30)16-17-36-2)20-32-29(35)33-26-10-11-27-28(19-26)38-21-37-27/h3-11,18-19H,1,12-17,20-21H2,2H3,(H2,32,33,35). The van der Waals surface area contributed by atoms with Crippen molar-refractivity contribution in [2.45, 2.75) is 18.3 Å². The van der Waals surface area contributed by atoms with Crippen LogP contribution >= 0.6 is 0 Å². The first-order chi connectivity index (χ1) is 18.6. The number of anilines is 1. The number of nitrogens with one attached hydrogen (secondary N) is 2. The van der Waals surface area contributed by atoms with Crippen LogP contribution in [0.3, 0.4) is 0 Å². The van der Waals surface area contributed by atoms with Crippen molar-refractivity contribution in [1.82, 2.24) is 10.2 Å². The van der Waals surface area contributed by atoms with E-state index in [1.165, 1.54) is 5.56 Å². The minimum absolute atomic E-state index is 0.168. The van der Waals surface area contributed by atoms with Crippen LogP contribution in [0.15, 0.2) is 71.7 Å². The lowest BCUT2D eigenvalue weighted by atomic mass is 9.72. The summed E-state index contributed by atoms with van der Waals surface area (Å²) >= 11 is 0. The second-order valence-corrected chi connectivity index (χ2v) is 9.78. The Labute approximate surface area is 223 Å². The summed E-state index contributed by atoms with van der Waals surface area (Å²) in [6.45, 7) is 7.90. The number of carbonyl (C=O) groups is 1. The number of nitrogens with zero attached hydrogens (tertiary/aromatic N) is 2. The molecule has 5 rings (SSSR count). The van der Waals surface area contributed by atoms with Gasteiger partial charge in [-0.3, -0.25) is 4.99 Å². The molecule has 2 amide bonds. The van der Waals surface area contributed by atoms with Crippen LogP contribution in [0.5, 0.6) is 11.5 Å². The van der Waals surface area contributed by atoms with Gasteiger partial charge in [0.15, 0.2) is 11.5 Å². The number of urea groups is 1. The fourth-order valence-corrected chi connectivity index (χ4v) is 5.19. The number of rotatable bonds is 9. The zero-order valence-electron chi connectivity index (χ0n) is 21.7. The van der Waals surface area contributed by atoms with E-state index in [1.54, 1.807) is 19.2 Å². The lowest BCUT2D eigenvalue weighted by molar-refractivity contribution is 0.109. The van der Waals surface area contributed by atoms with Gasteiger partial charge in [0, 0.05) is 37.4 Å². The number of ether oxygens (including phenoxy) is 3. The summed E-state index contributed by atoms with van der Waals surface area (Å²) in [7, 11) is 1.74. The number of fused-ring (bicyclic) bond motifs is 1. The summed E-state index contributed by atoms with van der Waals surface area (Å²) in [5, 5.41) is 6.07. The number of likely N-dealkylation sites (tertiary alicyclic amines) is 1. The van der Waals surface area contributed by atoms with Crippen LogP contribution in [0.25, 0.3) is 11.1 Å². The average Bonchev–Trinajstić information content (AvgIpc) is 3.44. The molecule has 198 valence electrons. The topological polar surface area (TPSA) is 84.4 Å². The van der Waals surface area contributed by atoms with Crippen molar-refractivity contribution in [3.63, 3.8) is 0 Å². The molecule has 3 aromatic rings. The molecular formula is C30H34N4O4. The van der Waals surface area contributed by atoms with E-state index in [0.29, 0.717) is 23.7 Å². The summed E-state index contributed by atoms with van der Waals surface area (Å²) in [5.41, 5.74) is 4.80. The molecule has 0 aromatic heterocycles. The summed E-state index contributed by atoms with van der Waals surface area (Å²) in [5.74, 6) is 1.32. The van der Waals surface area contributed by atoms with Gasteiger partial charge < -0.3 is 29.7 Å². The lowest BCUT2D eigenvalue weighted by Crippen LogP contribution is -2.50. The maximum absolute atomic E-state index is 12.9. The quantitative estimate of drug-likeness (QED) is 0.383. The fourth-order valence-electron chi connectivity index (χ4n) is 5.19. The molecule has 0 spiro atoms. The summed E-state index contributed by atoms with van der Waals surface area (Å²) in [6.07, 6.45) is 1.88. The van der Waals surface area contributed by atoms with E-state index in [4.69, 9.17) is 14.2 Å². The highest BCUT2D eigenvalue weighted by Gasteiger charge is 2.36. The summed E-state index contributed by atoms with van der Waals surface area (Å²) in [6, 6.07) is 21.9. The third-order valence-electron chi connectivity index (χ3n) is 7.50. The number of hydrogen-bond donors (Lipinski definition) is 2. The van der Waals surface area contributed by atoms with E-state index in [9.17, 15) is 4.79 Å². The Morgan fingerprint density at radius 1 is 1.03 bits per heavy atom. The SMILES string of the molecule is C=Nc1cccc(-c2ccc(C3(CNC(=O)Nc4ccc5c(c4)OCO5)CCN(CCOC)CC3)cc2)c1. The van der Waals surface area contributed by atoms with Gasteiger partial charge in [0.25, 0.3) is 0 Å². The molecule has 2 aliphatic rings. The minimum atomic E-state index is -0.240. The Morgan fingerprint density at radius 3 is 2.58 bits per heavy atom. The van der Waals surface area contributed by atoms with Crippen molar-refractivity contribution in [3.8, 4) is 22.6 Å². The molecule has 0 saturated carbocycles. The van der Waals surface area contributed by atoms with Crippen molar-refractivity contribution in [1.29, 1.82) is 0 Å². The fraction of sp³-hybridized carbons (Fsp3) is 0.333. The number of amides is 2. The van der Waals surface area contributed by atoms with Crippen LogP contribution in [0, 0.1) is 0 Å². The maximum Gasteiger partial charge on any atom is 0.319 e. The molecule has 1 saturated heterocycles. The van der Waals surface area contributed by atoms with E-state index >= 15 is 0 Å². The number of piperidine rings is 1. The number of benzene rings is 3. The predicted molar refractivity (Wildman–Crippen MR) is 150 cm³/mol. The van der Waals surface area contributed by atoms with Gasteiger partial charge in [0.05, 0.1) is 12.3 Å². The number of carbonyl (C=O) groups excluding carboxylic acids is 1. The number of aliphatic imine (C=N–C) groups is 1. The molecule has 0 radical (unpaired) electrons. The van der Waals surface area contributed by atoms with Crippen LogP contribution in [0.4, 0.5) is 16.2 Å². The van der Waals surface area contributed by atoms with Crippen LogP contribution < -0.4 is 20.1 Å². The van der Waals surface area contributed by atoms with Crippen LogP contribution in [0.2, 0.25) is 0 Å². The Bertz CT molecular complexity index is 1270. The first-order valence-electron chi connectivity index (χ1n) is 12.9. The zero-order chi connectivity index (χ0) is 26.4. The summed E-state index contributed by atoms with van der Waals surface area (Å²) < 4.78 is 16.1.